The lowest BCUT2D eigenvalue weighted by atomic mass is 9.57. The average molecular weight is 530 g/mol. The normalized spacial score (nSPS) is 23.7. The number of carbonyl (C=O) groups excluding carboxylic acids is 2. The number of nitrogens with one attached hydrogen (secondary N) is 3. The molecule has 36 heavy (non-hydrogen) atoms. The van der Waals surface area contributed by atoms with Crippen LogP contribution in [0.2, 0.25) is 10.0 Å². The molecule has 2 aromatic carbocycles. The molecule has 3 N–H and O–H groups in total. The Balaban J connectivity index is 1.52. The van der Waals surface area contributed by atoms with E-state index in [1.807, 2.05) is 47.5 Å². The van der Waals surface area contributed by atoms with E-state index in [0.717, 1.165) is 74.8 Å². The summed E-state index contributed by atoms with van der Waals surface area (Å²) < 4.78 is 0. The van der Waals surface area contributed by atoms with Crippen LogP contribution in [0.3, 0.4) is 0 Å². The fourth-order valence-electron chi connectivity index (χ4n) is 6.50. The number of anilines is 1. The van der Waals surface area contributed by atoms with Gasteiger partial charge < -0.3 is 10.6 Å². The Morgan fingerprint density at radius 1 is 0.944 bits per heavy atom. The standard InChI is InChI=1S/C28H34Cl2N4O2/c29-21-9-7-8-20(16-21)18-28(23-11-10-22(30)17-24(23)32-26(28)36)27(12-3-1-4-13-27)31-19-25(35)33-34-14-5-2-6-15-34/h7-11,16-17,31H,1-6,12-15,18-19H2,(H,32,36)(H,33,35). The minimum atomic E-state index is -0.899. The predicted molar refractivity (Wildman–Crippen MR) is 144 cm³/mol. The summed E-state index contributed by atoms with van der Waals surface area (Å²) in [5.74, 6) is -0.111. The van der Waals surface area contributed by atoms with Gasteiger partial charge in [-0.15, -0.1) is 0 Å². The second kappa shape index (κ2) is 10.7. The van der Waals surface area contributed by atoms with Gasteiger partial charge in [0.15, 0.2) is 0 Å². The van der Waals surface area contributed by atoms with Gasteiger partial charge in [0.2, 0.25) is 11.8 Å². The third-order valence-electron chi connectivity index (χ3n) is 8.19. The second-order valence-electron chi connectivity index (χ2n) is 10.4. The maximum atomic E-state index is 14.1. The van der Waals surface area contributed by atoms with Crippen LogP contribution in [0, 0.1) is 0 Å². The summed E-state index contributed by atoms with van der Waals surface area (Å²) in [6.07, 6.45) is 8.60. The van der Waals surface area contributed by atoms with Gasteiger partial charge in [0.05, 0.1) is 12.0 Å². The van der Waals surface area contributed by atoms with Crippen molar-refractivity contribution in [2.24, 2.45) is 0 Å². The van der Waals surface area contributed by atoms with Crippen LogP contribution in [0.25, 0.3) is 0 Å². The van der Waals surface area contributed by atoms with Crippen LogP contribution < -0.4 is 16.1 Å². The molecule has 2 heterocycles. The molecule has 0 aromatic heterocycles. The van der Waals surface area contributed by atoms with Gasteiger partial charge in [-0.2, -0.15) is 0 Å². The van der Waals surface area contributed by atoms with E-state index in [1.54, 1.807) is 0 Å². The first-order valence-electron chi connectivity index (χ1n) is 13.1. The molecule has 0 radical (unpaired) electrons. The smallest absolute Gasteiger partial charge is 0.248 e. The van der Waals surface area contributed by atoms with Gasteiger partial charge in [0.25, 0.3) is 0 Å². The van der Waals surface area contributed by atoms with E-state index < -0.39 is 11.0 Å². The molecule has 5 rings (SSSR count). The zero-order valence-electron chi connectivity index (χ0n) is 20.5. The molecule has 1 saturated heterocycles. The number of amides is 2. The van der Waals surface area contributed by atoms with E-state index in [4.69, 9.17) is 23.2 Å². The summed E-state index contributed by atoms with van der Waals surface area (Å²) in [5.41, 5.74) is 4.26. The third-order valence-corrected chi connectivity index (χ3v) is 8.66. The largest absolute Gasteiger partial charge is 0.325 e. The Kier molecular flexibility index (Phi) is 7.59. The molecule has 8 heteroatoms. The van der Waals surface area contributed by atoms with Gasteiger partial charge in [-0.05, 0) is 67.5 Å². The minimum Gasteiger partial charge on any atom is -0.325 e. The zero-order valence-corrected chi connectivity index (χ0v) is 22.1. The van der Waals surface area contributed by atoms with Crippen molar-refractivity contribution < 1.29 is 9.59 Å². The Hall–Kier alpha value is -2.12. The number of rotatable bonds is 7. The van der Waals surface area contributed by atoms with E-state index in [-0.39, 0.29) is 18.4 Å². The number of hydrogen-bond acceptors (Lipinski definition) is 4. The van der Waals surface area contributed by atoms with Crippen LogP contribution in [0.4, 0.5) is 5.69 Å². The molecule has 1 unspecified atom stereocenters. The van der Waals surface area contributed by atoms with E-state index in [0.29, 0.717) is 16.5 Å². The first-order chi connectivity index (χ1) is 17.4. The summed E-state index contributed by atoms with van der Waals surface area (Å²) in [7, 11) is 0. The Bertz CT molecular complexity index is 1130. The first kappa shape index (κ1) is 25.5. The minimum absolute atomic E-state index is 0.0504. The molecule has 2 amide bonds. The maximum absolute atomic E-state index is 14.1. The number of fused-ring (bicyclic) bond motifs is 1. The summed E-state index contributed by atoms with van der Waals surface area (Å²) in [6, 6.07) is 13.4. The van der Waals surface area contributed by atoms with Gasteiger partial charge in [-0.1, -0.05) is 67.1 Å². The van der Waals surface area contributed by atoms with E-state index >= 15 is 0 Å². The molecule has 1 aliphatic carbocycles. The molecule has 1 atom stereocenters. The molecular formula is C28H34Cl2N4O2. The molecule has 3 aliphatic rings. The number of halogens is 2. The van der Waals surface area contributed by atoms with Crippen LogP contribution in [0.5, 0.6) is 0 Å². The van der Waals surface area contributed by atoms with Crippen LogP contribution in [0.15, 0.2) is 42.5 Å². The monoisotopic (exact) mass is 528 g/mol. The van der Waals surface area contributed by atoms with Gasteiger partial charge in [-0.25, -0.2) is 5.01 Å². The third kappa shape index (κ3) is 4.89. The van der Waals surface area contributed by atoms with Crippen molar-refractivity contribution in [3.63, 3.8) is 0 Å². The fourth-order valence-corrected chi connectivity index (χ4v) is 6.88. The molecule has 2 fully saturated rings. The summed E-state index contributed by atoms with van der Waals surface area (Å²) >= 11 is 12.7. The van der Waals surface area contributed by atoms with E-state index in [1.165, 1.54) is 6.42 Å². The van der Waals surface area contributed by atoms with Crippen molar-refractivity contribution in [1.29, 1.82) is 0 Å². The number of carbonyl (C=O) groups is 2. The molecular weight excluding hydrogens is 495 g/mol. The first-order valence-corrected chi connectivity index (χ1v) is 13.8. The molecule has 1 saturated carbocycles. The number of hydrazine groups is 1. The van der Waals surface area contributed by atoms with Crippen molar-refractivity contribution in [2.75, 3.05) is 25.0 Å². The second-order valence-corrected chi connectivity index (χ2v) is 11.3. The fraction of sp³-hybridized carbons (Fsp3) is 0.500. The SMILES string of the molecule is O=C(CNC1(C2(Cc3cccc(Cl)c3)C(=O)Nc3cc(Cl)ccc32)CCCCC1)NN1CCCCC1. The topological polar surface area (TPSA) is 73.5 Å². The number of nitrogens with zero attached hydrogens (tertiary/aromatic N) is 1. The number of hydrogen-bond donors (Lipinski definition) is 3. The molecule has 0 spiro atoms. The highest BCUT2D eigenvalue weighted by Gasteiger charge is 2.60. The van der Waals surface area contributed by atoms with Crippen molar-refractivity contribution in [1.82, 2.24) is 15.8 Å². The molecule has 192 valence electrons. The van der Waals surface area contributed by atoms with E-state index in [2.05, 4.69) is 16.1 Å². The summed E-state index contributed by atoms with van der Waals surface area (Å²) in [4.78, 5) is 27.1. The van der Waals surface area contributed by atoms with Gasteiger partial charge in [-0.3, -0.25) is 15.0 Å². The van der Waals surface area contributed by atoms with Crippen molar-refractivity contribution in [2.45, 2.75) is 68.7 Å². The highest BCUT2D eigenvalue weighted by atomic mass is 35.5. The van der Waals surface area contributed by atoms with Crippen LogP contribution in [-0.2, 0) is 21.4 Å². The predicted octanol–water partition coefficient (Wildman–Crippen LogP) is 5.24. The summed E-state index contributed by atoms with van der Waals surface area (Å²) in [6.45, 7) is 1.92. The Morgan fingerprint density at radius 2 is 1.67 bits per heavy atom. The lowest BCUT2D eigenvalue weighted by Crippen LogP contribution is -2.67. The van der Waals surface area contributed by atoms with E-state index in [9.17, 15) is 9.59 Å². The molecule has 0 bridgehead atoms. The Morgan fingerprint density at radius 3 is 2.42 bits per heavy atom. The van der Waals surface area contributed by atoms with Crippen LogP contribution >= 0.6 is 23.2 Å². The quantitative estimate of drug-likeness (QED) is 0.459. The highest BCUT2D eigenvalue weighted by Crippen LogP contribution is 2.53. The summed E-state index contributed by atoms with van der Waals surface area (Å²) in [5, 5.41) is 10.0. The number of piperidine rings is 1. The van der Waals surface area contributed by atoms with Gasteiger partial charge in [0.1, 0.15) is 0 Å². The molecule has 6 nitrogen and oxygen atoms in total. The average Bonchev–Trinajstić information content (AvgIpc) is 3.15. The molecule has 2 aromatic rings. The lowest BCUT2D eigenvalue weighted by Gasteiger charge is -2.50. The van der Waals surface area contributed by atoms with Crippen LogP contribution in [-0.4, -0.2) is 42.0 Å². The zero-order chi connectivity index (χ0) is 25.2. The van der Waals surface area contributed by atoms with Crippen molar-refractivity contribution in [3.8, 4) is 0 Å². The number of benzene rings is 2. The lowest BCUT2D eigenvalue weighted by molar-refractivity contribution is -0.129. The molecule has 2 aliphatic heterocycles. The van der Waals surface area contributed by atoms with Crippen molar-refractivity contribution >= 4 is 40.7 Å². The van der Waals surface area contributed by atoms with Crippen molar-refractivity contribution in [3.05, 3.63) is 63.6 Å². The van der Waals surface area contributed by atoms with Gasteiger partial charge >= 0.3 is 0 Å². The Labute approximate surface area is 223 Å². The van der Waals surface area contributed by atoms with Gasteiger partial charge in [0, 0.05) is 34.4 Å². The van der Waals surface area contributed by atoms with Crippen LogP contribution in [0.1, 0.15) is 62.5 Å². The highest BCUT2D eigenvalue weighted by molar-refractivity contribution is 6.31. The maximum Gasteiger partial charge on any atom is 0.248 e.